The monoisotopic (exact) mass is 335 g/mol. The van der Waals surface area contributed by atoms with Gasteiger partial charge < -0.3 is 20.4 Å². The zero-order valence-electron chi connectivity index (χ0n) is 13.1. The lowest BCUT2D eigenvalue weighted by Gasteiger charge is -2.06. The molecule has 4 rings (SSSR count). The fourth-order valence-electron chi connectivity index (χ4n) is 2.90. The summed E-state index contributed by atoms with van der Waals surface area (Å²) in [7, 11) is 1.73. The van der Waals surface area contributed by atoms with Gasteiger partial charge in [0, 0.05) is 41.3 Å². The van der Waals surface area contributed by atoms with Crippen LogP contribution in [0.2, 0.25) is 0 Å². The number of carbonyl (C=O) groups is 1. The molecule has 0 amide bonds. The van der Waals surface area contributed by atoms with Crippen LogP contribution in [0.5, 0.6) is 0 Å². The van der Waals surface area contributed by atoms with Gasteiger partial charge in [-0.1, -0.05) is 6.07 Å². The Labute approximate surface area is 140 Å². The number of nitrogens with zero attached hydrogens (tertiary/aromatic N) is 2. The number of anilines is 1. The highest BCUT2D eigenvalue weighted by Crippen LogP contribution is 2.28. The minimum Gasteiger partial charge on any atom is -0.478 e. The lowest BCUT2D eigenvalue weighted by Crippen LogP contribution is -2.07. The number of aromatic carboxylic acids is 1. The number of rotatable bonds is 3. The predicted molar refractivity (Wildman–Crippen MR) is 94.0 cm³/mol. The Morgan fingerprint density at radius 3 is 2.88 bits per heavy atom. The molecule has 0 spiro atoms. The normalized spacial score (nSPS) is 11.1. The Kier molecular flexibility index (Phi) is 3.24. The Balaban J connectivity index is 2.06. The first-order valence-corrected chi connectivity index (χ1v) is 7.50. The number of hydrogen-bond acceptors (Lipinski definition) is 5. The van der Waals surface area contributed by atoms with Crippen molar-refractivity contribution in [3.05, 3.63) is 52.6 Å². The summed E-state index contributed by atoms with van der Waals surface area (Å²) in [5, 5.41) is 13.3. The second-order valence-corrected chi connectivity index (χ2v) is 5.49. The molecule has 25 heavy (non-hydrogen) atoms. The molecular formula is C17H13N5O3. The molecule has 0 bridgehead atoms. The molecule has 4 aromatic rings. The fraction of sp³-hybridized carbons (Fsp3) is 0.0588. The van der Waals surface area contributed by atoms with Gasteiger partial charge in [-0.2, -0.15) is 0 Å². The number of aromatic amines is 2. The van der Waals surface area contributed by atoms with Gasteiger partial charge in [-0.3, -0.25) is 4.79 Å². The molecule has 0 aliphatic rings. The SMILES string of the molecule is CNc1nccc(-c2ccc3[nH]c(=O)c4[nH]cc(C(=O)O)c4c3c2)n1. The molecule has 8 heteroatoms. The van der Waals surface area contributed by atoms with Crippen molar-refractivity contribution in [1.29, 1.82) is 0 Å². The van der Waals surface area contributed by atoms with Crippen molar-refractivity contribution < 1.29 is 9.90 Å². The minimum absolute atomic E-state index is 0.0573. The topological polar surface area (TPSA) is 124 Å². The number of H-pyrrole nitrogens is 2. The molecule has 4 N–H and O–H groups in total. The standard InChI is InChI=1S/C17H13N5O3/c1-18-17-19-5-4-11(22-17)8-2-3-12-9(6-8)13-10(16(24)25)7-20-14(13)15(23)21-12/h2-7,20H,1H3,(H,21,23)(H,24,25)(H,18,19,22). The van der Waals surface area contributed by atoms with Crippen LogP contribution in [0.25, 0.3) is 33.1 Å². The Hall–Kier alpha value is -3.68. The Bertz CT molecular complexity index is 1190. The Morgan fingerprint density at radius 1 is 1.28 bits per heavy atom. The van der Waals surface area contributed by atoms with Gasteiger partial charge in [-0.15, -0.1) is 0 Å². The maximum Gasteiger partial charge on any atom is 0.337 e. The van der Waals surface area contributed by atoms with Gasteiger partial charge in [0.05, 0.1) is 11.3 Å². The highest BCUT2D eigenvalue weighted by atomic mass is 16.4. The molecule has 0 unspecified atom stereocenters. The third-order valence-corrected chi connectivity index (χ3v) is 4.05. The van der Waals surface area contributed by atoms with Crippen LogP contribution in [0.3, 0.4) is 0 Å². The van der Waals surface area contributed by atoms with Gasteiger partial charge in [0.1, 0.15) is 5.52 Å². The molecule has 0 atom stereocenters. The van der Waals surface area contributed by atoms with Gasteiger partial charge in [0.25, 0.3) is 5.56 Å². The van der Waals surface area contributed by atoms with Crippen LogP contribution in [0.15, 0.2) is 41.5 Å². The van der Waals surface area contributed by atoms with E-state index in [0.29, 0.717) is 27.9 Å². The first kappa shape index (κ1) is 14.9. The van der Waals surface area contributed by atoms with Crippen molar-refractivity contribution in [1.82, 2.24) is 19.9 Å². The summed E-state index contributed by atoms with van der Waals surface area (Å²) in [5.41, 5.74) is 1.97. The minimum atomic E-state index is -1.09. The quantitative estimate of drug-likeness (QED) is 0.455. The number of hydrogen-bond donors (Lipinski definition) is 4. The van der Waals surface area contributed by atoms with Crippen LogP contribution in [-0.4, -0.2) is 38.1 Å². The number of nitrogens with one attached hydrogen (secondary N) is 3. The molecular weight excluding hydrogens is 322 g/mol. The average molecular weight is 335 g/mol. The molecule has 0 saturated heterocycles. The van der Waals surface area contributed by atoms with E-state index in [2.05, 4.69) is 25.3 Å². The lowest BCUT2D eigenvalue weighted by atomic mass is 10.0. The number of fused-ring (bicyclic) bond motifs is 3. The van der Waals surface area contributed by atoms with Crippen molar-refractivity contribution in [2.24, 2.45) is 0 Å². The number of carboxylic acids is 1. The van der Waals surface area contributed by atoms with Crippen LogP contribution >= 0.6 is 0 Å². The van der Waals surface area contributed by atoms with Gasteiger partial charge in [-0.25, -0.2) is 14.8 Å². The predicted octanol–water partition coefficient (Wildman–Crippen LogP) is 2.21. The molecule has 8 nitrogen and oxygen atoms in total. The fourth-order valence-corrected chi connectivity index (χ4v) is 2.90. The number of aromatic nitrogens is 4. The zero-order chi connectivity index (χ0) is 17.6. The summed E-state index contributed by atoms with van der Waals surface area (Å²) in [4.78, 5) is 37.7. The Morgan fingerprint density at radius 2 is 2.12 bits per heavy atom. The van der Waals surface area contributed by atoms with E-state index in [1.807, 2.05) is 12.1 Å². The molecule has 0 saturated carbocycles. The molecule has 3 aromatic heterocycles. The molecule has 0 fully saturated rings. The third kappa shape index (κ3) is 2.31. The van der Waals surface area contributed by atoms with Crippen molar-refractivity contribution in [2.45, 2.75) is 0 Å². The van der Waals surface area contributed by atoms with Crippen LogP contribution in [0.4, 0.5) is 5.95 Å². The van der Waals surface area contributed by atoms with E-state index in [0.717, 1.165) is 5.56 Å². The van der Waals surface area contributed by atoms with Crippen molar-refractivity contribution >= 4 is 33.7 Å². The van der Waals surface area contributed by atoms with Crippen LogP contribution in [0.1, 0.15) is 10.4 Å². The van der Waals surface area contributed by atoms with E-state index >= 15 is 0 Å². The van der Waals surface area contributed by atoms with E-state index in [9.17, 15) is 14.7 Å². The van der Waals surface area contributed by atoms with Crippen molar-refractivity contribution in [2.75, 3.05) is 12.4 Å². The molecule has 0 radical (unpaired) electrons. The van der Waals surface area contributed by atoms with Crippen molar-refractivity contribution in [3.8, 4) is 11.3 Å². The second kappa shape index (κ2) is 5.45. The average Bonchev–Trinajstić information content (AvgIpc) is 3.08. The highest BCUT2D eigenvalue weighted by molar-refractivity contribution is 6.15. The van der Waals surface area contributed by atoms with E-state index in [1.165, 1.54) is 6.20 Å². The van der Waals surface area contributed by atoms with Gasteiger partial charge in [0.15, 0.2) is 0 Å². The summed E-state index contributed by atoms with van der Waals surface area (Å²) in [6.45, 7) is 0. The van der Waals surface area contributed by atoms with E-state index in [-0.39, 0.29) is 16.6 Å². The molecule has 3 heterocycles. The van der Waals surface area contributed by atoms with Crippen LogP contribution in [0, 0.1) is 0 Å². The maximum absolute atomic E-state index is 12.2. The summed E-state index contributed by atoms with van der Waals surface area (Å²) < 4.78 is 0. The summed E-state index contributed by atoms with van der Waals surface area (Å²) >= 11 is 0. The van der Waals surface area contributed by atoms with Crippen molar-refractivity contribution in [3.63, 3.8) is 0 Å². The van der Waals surface area contributed by atoms with E-state index < -0.39 is 5.97 Å². The third-order valence-electron chi connectivity index (χ3n) is 4.05. The van der Waals surface area contributed by atoms with Gasteiger partial charge in [-0.05, 0) is 18.2 Å². The largest absolute Gasteiger partial charge is 0.478 e. The number of pyridine rings is 1. The first-order valence-electron chi connectivity index (χ1n) is 7.50. The van der Waals surface area contributed by atoms with Gasteiger partial charge >= 0.3 is 5.97 Å². The molecule has 0 aliphatic carbocycles. The summed E-state index contributed by atoms with van der Waals surface area (Å²) in [6, 6.07) is 7.14. The van der Waals surface area contributed by atoms with Gasteiger partial charge in [0.2, 0.25) is 5.95 Å². The highest BCUT2D eigenvalue weighted by Gasteiger charge is 2.17. The number of carboxylic acid groups (broad SMARTS) is 1. The zero-order valence-corrected chi connectivity index (χ0v) is 13.1. The number of benzene rings is 1. The summed E-state index contributed by atoms with van der Waals surface area (Å²) in [5.74, 6) is -0.611. The molecule has 1 aromatic carbocycles. The smallest absolute Gasteiger partial charge is 0.337 e. The van der Waals surface area contributed by atoms with E-state index in [1.54, 1.807) is 25.4 Å². The summed E-state index contributed by atoms with van der Waals surface area (Å²) in [6.07, 6.45) is 2.97. The molecule has 0 aliphatic heterocycles. The molecule has 124 valence electrons. The first-order chi connectivity index (χ1) is 12.1. The maximum atomic E-state index is 12.2. The van der Waals surface area contributed by atoms with Crippen LogP contribution < -0.4 is 10.9 Å². The second-order valence-electron chi connectivity index (χ2n) is 5.49. The lowest BCUT2D eigenvalue weighted by molar-refractivity contribution is 0.0699. The van der Waals surface area contributed by atoms with E-state index in [4.69, 9.17) is 0 Å². The van der Waals surface area contributed by atoms with Crippen LogP contribution in [-0.2, 0) is 0 Å².